The molecule has 0 spiro atoms. The number of aliphatic hydroxyl groups is 2. The van der Waals surface area contributed by atoms with Crippen LogP contribution in [0.25, 0.3) is 0 Å². The minimum atomic E-state index is -0.807. The predicted molar refractivity (Wildman–Crippen MR) is 54.1 cm³/mol. The highest BCUT2D eigenvalue weighted by molar-refractivity contribution is 4.85. The molecule has 1 aliphatic rings. The van der Waals surface area contributed by atoms with Crippen LogP contribution in [-0.2, 0) is 4.74 Å². The van der Waals surface area contributed by atoms with Crippen LogP contribution in [0.3, 0.4) is 0 Å². The maximum atomic E-state index is 9.91. The fourth-order valence-corrected chi connectivity index (χ4v) is 1.64. The molecule has 84 valence electrons. The van der Waals surface area contributed by atoms with E-state index in [4.69, 9.17) is 4.74 Å². The number of ether oxygens (including phenoxy) is 1. The van der Waals surface area contributed by atoms with Gasteiger partial charge in [-0.15, -0.1) is 0 Å². The van der Waals surface area contributed by atoms with E-state index >= 15 is 0 Å². The van der Waals surface area contributed by atoms with Crippen LogP contribution in [0.15, 0.2) is 0 Å². The summed E-state index contributed by atoms with van der Waals surface area (Å²) in [6.07, 6.45) is 0.530. The molecule has 2 unspecified atom stereocenters. The fourth-order valence-electron chi connectivity index (χ4n) is 1.64. The summed E-state index contributed by atoms with van der Waals surface area (Å²) in [7, 11) is 0. The molecule has 1 aliphatic heterocycles. The maximum Gasteiger partial charge on any atom is 0.0927 e. The minimum Gasteiger partial charge on any atom is -0.392 e. The molecule has 0 radical (unpaired) electrons. The van der Waals surface area contributed by atoms with Crippen molar-refractivity contribution in [2.45, 2.75) is 44.4 Å². The first kappa shape index (κ1) is 11.9. The van der Waals surface area contributed by atoms with Crippen molar-refractivity contribution in [3.8, 4) is 0 Å². The Morgan fingerprint density at radius 2 is 2.21 bits per heavy atom. The second-order valence-electron chi connectivity index (χ2n) is 4.45. The first-order chi connectivity index (χ1) is 6.52. The van der Waals surface area contributed by atoms with Gasteiger partial charge in [0, 0.05) is 32.0 Å². The lowest BCUT2D eigenvalue weighted by atomic mass is 9.95. The van der Waals surface area contributed by atoms with Crippen LogP contribution < -0.4 is 5.32 Å². The lowest BCUT2D eigenvalue weighted by Gasteiger charge is -2.24. The normalized spacial score (nSPS) is 29.8. The number of rotatable bonds is 5. The van der Waals surface area contributed by atoms with Crippen molar-refractivity contribution in [1.82, 2.24) is 5.32 Å². The molecule has 1 heterocycles. The number of nitrogens with one attached hydrogen (secondary N) is 1. The van der Waals surface area contributed by atoms with E-state index in [2.05, 4.69) is 5.32 Å². The lowest BCUT2D eigenvalue weighted by Crippen LogP contribution is -2.39. The topological polar surface area (TPSA) is 61.7 Å². The van der Waals surface area contributed by atoms with Gasteiger partial charge in [0.15, 0.2) is 0 Å². The summed E-state index contributed by atoms with van der Waals surface area (Å²) in [5, 5.41) is 22.7. The Morgan fingerprint density at radius 3 is 2.71 bits per heavy atom. The summed E-state index contributed by atoms with van der Waals surface area (Å²) in [6, 6.07) is 0.360. The quantitative estimate of drug-likeness (QED) is 0.583. The van der Waals surface area contributed by atoms with E-state index in [1.54, 1.807) is 0 Å². The van der Waals surface area contributed by atoms with E-state index in [0.717, 1.165) is 0 Å². The Kier molecular flexibility index (Phi) is 4.31. The molecule has 1 fully saturated rings. The molecular weight excluding hydrogens is 182 g/mol. The van der Waals surface area contributed by atoms with Crippen molar-refractivity contribution < 1.29 is 14.9 Å². The monoisotopic (exact) mass is 203 g/mol. The largest absolute Gasteiger partial charge is 0.392 e. The van der Waals surface area contributed by atoms with Crippen molar-refractivity contribution >= 4 is 0 Å². The molecule has 0 aliphatic carbocycles. The second-order valence-corrected chi connectivity index (χ2v) is 4.45. The molecule has 0 saturated carbocycles. The van der Waals surface area contributed by atoms with E-state index in [-0.39, 0.29) is 0 Å². The first-order valence-corrected chi connectivity index (χ1v) is 5.23. The Hall–Kier alpha value is -0.160. The number of hydrogen-bond acceptors (Lipinski definition) is 4. The number of aliphatic hydroxyl groups excluding tert-OH is 1. The highest BCUT2D eigenvalue weighted by Gasteiger charge is 2.34. The number of hydrogen-bond donors (Lipinski definition) is 3. The molecule has 0 aromatic rings. The van der Waals surface area contributed by atoms with Crippen LogP contribution in [0.2, 0.25) is 0 Å². The summed E-state index contributed by atoms with van der Waals surface area (Å²) < 4.78 is 5.11. The van der Waals surface area contributed by atoms with Gasteiger partial charge in [0.2, 0.25) is 0 Å². The van der Waals surface area contributed by atoms with Crippen molar-refractivity contribution in [1.29, 1.82) is 0 Å². The lowest BCUT2D eigenvalue weighted by molar-refractivity contribution is -0.0167. The third-order valence-electron chi connectivity index (χ3n) is 2.46. The van der Waals surface area contributed by atoms with Crippen LogP contribution in [0.1, 0.15) is 26.7 Å². The molecule has 4 heteroatoms. The van der Waals surface area contributed by atoms with Gasteiger partial charge in [-0.1, -0.05) is 13.8 Å². The zero-order valence-electron chi connectivity index (χ0n) is 8.99. The molecule has 4 nitrogen and oxygen atoms in total. The maximum absolute atomic E-state index is 9.91. The van der Waals surface area contributed by atoms with Crippen LogP contribution in [0, 0.1) is 0 Å². The SMILES string of the molecule is CC(C)NCC(O)CC1(O)CCOC1. The Labute approximate surface area is 85.3 Å². The highest BCUT2D eigenvalue weighted by atomic mass is 16.5. The Morgan fingerprint density at radius 1 is 1.50 bits per heavy atom. The van der Waals surface area contributed by atoms with Gasteiger partial charge in [-0.05, 0) is 0 Å². The van der Waals surface area contributed by atoms with Gasteiger partial charge in [0.05, 0.1) is 18.3 Å². The van der Waals surface area contributed by atoms with Crippen LogP contribution in [-0.4, -0.2) is 47.7 Å². The van der Waals surface area contributed by atoms with E-state index in [1.807, 2.05) is 13.8 Å². The van der Waals surface area contributed by atoms with Crippen LogP contribution >= 0.6 is 0 Å². The van der Waals surface area contributed by atoms with Gasteiger partial charge in [-0.3, -0.25) is 0 Å². The zero-order valence-corrected chi connectivity index (χ0v) is 8.99. The average molecular weight is 203 g/mol. The average Bonchev–Trinajstić information content (AvgIpc) is 2.48. The van der Waals surface area contributed by atoms with Gasteiger partial charge in [-0.25, -0.2) is 0 Å². The van der Waals surface area contributed by atoms with E-state index in [1.165, 1.54) is 0 Å². The first-order valence-electron chi connectivity index (χ1n) is 5.23. The standard InChI is InChI=1S/C10H21NO3/c1-8(2)11-6-9(12)5-10(13)3-4-14-7-10/h8-9,11-13H,3-7H2,1-2H3. The third kappa shape index (κ3) is 3.92. The molecular formula is C10H21NO3. The summed E-state index contributed by atoms with van der Waals surface area (Å²) in [5.41, 5.74) is -0.807. The van der Waals surface area contributed by atoms with Crippen LogP contribution in [0.5, 0.6) is 0 Å². The third-order valence-corrected chi connectivity index (χ3v) is 2.46. The smallest absolute Gasteiger partial charge is 0.0927 e. The Balaban J connectivity index is 2.21. The molecule has 2 atom stereocenters. The van der Waals surface area contributed by atoms with E-state index in [9.17, 15) is 10.2 Å². The molecule has 0 amide bonds. The molecule has 0 aromatic heterocycles. The Bertz CT molecular complexity index is 167. The zero-order chi connectivity index (χ0) is 10.6. The minimum absolute atomic E-state index is 0.353. The van der Waals surface area contributed by atoms with Gasteiger partial charge in [0.25, 0.3) is 0 Å². The summed E-state index contributed by atoms with van der Waals surface area (Å²) >= 11 is 0. The summed E-state index contributed by atoms with van der Waals surface area (Å²) in [4.78, 5) is 0. The summed E-state index contributed by atoms with van der Waals surface area (Å²) in [6.45, 7) is 5.53. The van der Waals surface area contributed by atoms with Gasteiger partial charge < -0.3 is 20.3 Å². The van der Waals surface area contributed by atoms with Gasteiger partial charge in [-0.2, -0.15) is 0 Å². The van der Waals surface area contributed by atoms with E-state index < -0.39 is 11.7 Å². The molecule has 14 heavy (non-hydrogen) atoms. The van der Waals surface area contributed by atoms with Crippen molar-refractivity contribution in [3.63, 3.8) is 0 Å². The van der Waals surface area contributed by atoms with Crippen molar-refractivity contribution in [2.24, 2.45) is 0 Å². The molecule has 0 bridgehead atoms. The van der Waals surface area contributed by atoms with Crippen molar-refractivity contribution in [3.05, 3.63) is 0 Å². The van der Waals surface area contributed by atoms with Crippen LogP contribution in [0.4, 0.5) is 0 Å². The highest BCUT2D eigenvalue weighted by Crippen LogP contribution is 2.23. The molecule has 1 rings (SSSR count). The molecule has 3 N–H and O–H groups in total. The fraction of sp³-hybridized carbons (Fsp3) is 1.00. The predicted octanol–water partition coefficient (Wildman–Crippen LogP) is -0.113. The summed E-state index contributed by atoms with van der Waals surface area (Å²) in [5.74, 6) is 0. The second kappa shape index (κ2) is 5.07. The van der Waals surface area contributed by atoms with Gasteiger partial charge >= 0.3 is 0 Å². The van der Waals surface area contributed by atoms with Gasteiger partial charge in [0.1, 0.15) is 0 Å². The van der Waals surface area contributed by atoms with E-state index in [0.29, 0.717) is 38.6 Å². The van der Waals surface area contributed by atoms with Crippen molar-refractivity contribution in [2.75, 3.05) is 19.8 Å². The molecule has 0 aromatic carbocycles. The molecule has 1 saturated heterocycles.